The summed E-state index contributed by atoms with van der Waals surface area (Å²) in [6.45, 7) is 0.738. The van der Waals surface area contributed by atoms with Gasteiger partial charge in [0.15, 0.2) is 0 Å². The zero-order valence-electron chi connectivity index (χ0n) is 14.3. The Balaban J connectivity index is 1.60. The van der Waals surface area contributed by atoms with Gasteiger partial charge in [0.25, 0.3) is 0 Å². The van der Waals surface area contributed by atoms with Gasteiger partial charge in [0.1, 0.15) is 16.9 Å². The van der Waals surface area contributed by atoms with Crippen molar-refractivity contribution in [2.75, 3.05) is 14.2 Å². The molecular weight excluding hydrogens is 320 g/mol. The van der Waals surface area contributed by atoms with Crippen LogP contribution in [0.2, 0.25) is 0 Å². The minimum atomic E-state index is -0.414. The Bertz CT molecular complexity index is 924. The molecule has 0 spiro atoms. The van der Waals surface area contributed by atoms with Gasteiger partial charge in [-0.05, 0) is 30.4 Å². The maximum atomic E-state index is 11.9. The van der Waals surface area contributed by atoms with Crippen LogP contribution in [0.15, 0.2) is 30.7 Å². The number of hydrogen-bond donors (Lipinski definition) is 0. The molecule has 3 heterocycles. The Kier molecular flexibility index (Phi) is 4.01. The highest BCUT2D eigenvalue weighted by molar-refractivity contribution is 5.90. The van der Waals surface area contributed by atoms with Gasteiger partial charge >= 0.3 is 5.97 Å². The highest BCUT2D eigenvalue weighted by Crippen LogP contribution is 2.39. The standard InChI is InChI=1S/C18H20N4O3/c1-24-11-16-15(18(23)25-2)10-22(20-16)9-14-8-21-7-13(12-3-4-12)5-6-17(21)19-14/h5-8,10,12H,3-4,9,11H2,1-2H3. The lowest BCUT2D eigenvalue weighted by Crippen LogP contribution is -2.04. The van der Waals surface area contributed by atoms with E-state index >= 15 is 0 Å². The van der Waals surface area contributed by atoms with Gasteiger partial charge in [-0.1, -0.05) is 6.07 Å². The van der Waals surface area contributed by atoms with Crippen LogP contribution >= 0.6 is 0 Å². The van der Waals surface area contributed by atoms with E-state index in [0.717, 1.165) is 11.3 Å². The number of ether oxygens (including phenoxy) is 2. The van der Waals surface area contributed by atoms with Gasteiger partial charge in [0.05, 0.1) is 26.0 Å². The summed E-state index contributed by atoms with van der Waals surface area (Å²) in [5.41, 5.74) is 4.15. The normalized spacial score (nSPS) is 14.2. The molecule has 25 heavy (non-hydrogen) atoms. The van der Waals surface area contributed by atoms with Crippen molar-refractivity contribution in [3.05, 3.63) is 53.2 Å². The summed E-state index contributed by atoms with van der Waals surface area (Å²) >= 11 is 0. The highest BCUT2D eigenvalue weighted by Gasteiger charge is 2.24. The molecule has 0 aromatic carbocycles. The first-order valence-electron chi connectivity index (χ1n) is 8.29. The SMILES string of the molecule is COCc1nn(Cc2cn3cc(C4CC4)ccc3n2)cc1C(=O)OC. The molecule has 3 aromatic rings. The van der Waals surface area contributed by atoms with E-state index in [4.69, 9.17) is 9.47 Å². The molecule has 0 aliphatic heterocycles. The molecule has 1 aliphatic rings. The van der Waals surface area contributed by atoms with E-state index in [1.54, 1.807) is 18.0 Å². The number of carbonyl (C=O) groups excluding carboxylic acids is 1. The van der Waals surface area contributed by atoms with Crippen molar-refractivity contribution >= 4 is 11.6 Å². The summed E-state index contributed by atoms with van der Waals surface area (Å²) in [6.07, 6.45) is 8.40. The van der Waals surface area contributed by atoms with Crippen molar-refractivity contribution in [2.24, 2.45) is 0 Å². The molecule has 1 fully saturated rings. The molecule has 7 heteroatoms. The summed E-state index contributed by atoms with van der Waals surface area (Å²) in [5.74, 6) is 0.294. The third kappa shape index (κ3) is 3.15. The second-order valence-electron chi connectivity index (χ2n) is 6.35. The van der Waals surface area contributed by atoms with Gasteiger partial charge in [-0.3, -0.25) is 4.68 Å². The molecule has 0 unspecified atom stereocenters. The predicted molar refractivity (Wildman–Crippen MR) is 90.5 cm³/mol. The average Bonchev–Trinajstić information content (AvgIpc) is 3.27. The highest BCUT2D eigenvalue weighted by atomic mass is 16.5. The molecule has 130 valence electrons. The number of carbonyl (C=O) groups is 1. The monoisotopic (exact) mass is 340 g/mol. The van der Waals surface area contributed by atoms with Crippen LogP contribution in [0.25, 0.3) is 5.65 Å². The summed E-state index contributed by atoms with van der Waals surface area (Å²) in [5, 5.41) is 4.43. The topological polar surface area (TPSA) is 70.7 Å². The number of esters is 1. The molecule has 0 bridgehead atoms. The first-order valence-corrected chi connectivity index (χ1v) is 8.29. The van der Waals surface area contributed by atoms with Crippen molar-refractivity contribution in [1.82, 2.24) is 19.2 Å². The molecule has 0 radical (unpaired) electrons. The van der Waals surface area contributed by atoms with Crippen LogP contribution in [-0.4, -0.2) is 39.4 Å². The Hall–Kier alpha value is -2.67. The van der Waals surface area contributed by atoms with Crippen molar-refractivity contribution in [3.63, 3.8) is 0 Å². The zero-order valence-corrected chi connectivity index (χ0v) is 14.3. The quantitative estimate of drug-likeness (QED) is 0.644. The first kappa shape index (κ1) is 15.8. The molecule has 7 nitrogen and oxygen atoms in total. The molecule has 1 saturated carbocycles. The van der Waals surface area contributed by atoms with Gasteiger partial charge < -0.3 is 13.9 Å². The van der Waals surface area contributed by atoms with E-state index in [2.05, 4.69) is 32.8 Å². The second-order valence-corrected chi connectivity index (χ2v) is 6.35. The molecule has 0 amide bonds. The number of methoxy groups -OCH3 is 2. The zero-order chi connectivity index (χ0) is 17.4. The molecule has 0 atom stereocenters. The van der Waals surface area contributed by atoms with Crippen LogP contribution in [-0.2, 0) is 22.6 Å². The van der Waals surface area contributed by atoms with Crippen molar-refractivity contribution in [2.45, 2.75) is 31.9 Å². The predicted octanol–water partition coefficient (Wildman–Crippen LogP) is 2.39. The van der Waals surface area contributed by atoms with Crippen LogP contribution in [0.1, 0.15) is 46.1 Å². The lowest BCUT2D eigenvalue weighted by atomic mass is 10.2. The van der Waals surface area contributed by atoms with Crippen molar-refractivity contribution in [1.29, 1.82) is 0 Å². The number of pyridine rings is 1. The number of imidazole rings is 1. The Morgan fingerprint density at radius 1 is 1.24 bits per heavy atom. The average molecular weight is 340 g/mol. The molecule has 1 aliphatic carbocycles. The van der Waals surface area contributed by atoms with Gasteiger partial charge in [-0.15, -0.1) is 0 Å². The van der Waals surface area contributed by atoms with Crippen LogP contribution in [0.5, 0.6) is 0 Å². The van der Waals surface area contributed by atoms with Gasteiger partial charge in [0.2, 0.25) is 0 Å². The smallest absolute Gasteiger partial charge is 0.341 e. The minimum absolute atomic E-state index is 0.257. The Morgan fingerprint density at radius 3 is 2.80 bits per heavy atom. The Morgan fingerprint density at radius 2 is 2.08 bits per heavy atom. The molecule has 4 rings (SSSR count). The number of nitrogens with zero attached hydrogens (tertiary/aromatic N) is 4. The third-order valence-corrected chi connectivity index (χ3v) is 4.42. The molecule has 0 N–H and O–H groups in total. The fourth-order valence-corrected chi connectivity index (χ4v) is 3.03. The summed E-state index contributed by atoms with van der Waals surface area (Å²) < 4.78 is 13.7. The van der Waals surface area contributed by atoms with E-state index in [1.807, 2.05) is 6.20 Å². The molecular formula is C18H20N4O3. The molecule has 3 aromatic heterocycles. The number of fused-ring (bicyclic) bond motifs is 1. The van der Waals surface area contributed by atoms with Crippen LogP contribution in [0.3, 0.4) is 0 Å². The number of hydrogen-bond acceptors (Lipinski definition) is 5. The lowest BCUT2D eigenvalue weighted by molar-refractivity contribution is 0.0595. The van der Waals surface area contributed by atoms with E-state index < -0.39 is 5.97 Å². The third-order valence-electron chi connectivity index (χ3n) is 4.42. The van der Waals surface area contributed by atoms with E-state index in [1.165, 1.54) is 25.5 Å². The van der Waals surface area contributed by atoms with Crippen LogP contribution in [0, 0.1) is 0 Å². The summed E-state index contributed by atoms with van der Waals surface area (Å²) in [6, 6.07) is 4.21. The molecule has 0 saturated heterocycles. The maximum Gasteiger partial charge on any atom is 0.341 e. The van der Waals surface area contributed by atoms with Crippen molar-refractivity contribution < 1.29 is 14.3 Å². The maximum absolute atomic E-state index is 11.9. The lowest BCUT2D eigenvalue weighted by Gasteiger charge is -1.98. The second kappa shape index (κ2) is 6.33. The van der Waals surface area contributed by atoms with E-state index in [0.29, 0.717) is 23.7 Å². The van der Waals surface area contributed by atoms with Crippen LogP contribution < -0.4 is 0 Å². The van der Waals surface area contributed by atoms with Crippen molar-refractivity contribution in [3.8, 4) is 0 Å². The fourth-order valence-electron chi connectivity index (χ4n) is 3.03. The largest absolute Gasteiger partial charge is 0.465 e. The number of rotatable bonds is 6. The number of aromatic nitrogens is 4. The summed E-state index contributed by atoms with van der Waals surface area (Å²) in [4.78, 5) is 16.5. The van der Waals surface area contributed by atoms with Gasteiger partial charge in [-0.25, -0.2) is 9.78 Å². The van der Waals surface area contributed by atoms with Gasteiger partial charge in [0, 0.05) is 25.7 Å². The van der Waals surface area contributed by atoms with Gasteiger partial charge in [-0.2, -0.15) is 5.10 Å². The first-order chi connectivity index (χ1) is 12.2. The van der Waals surface area contributed by atoms with Crippen LogP contribution in [0.4, 0.5) is 0 Å². The fraction of sp³-hybridized carbons (Fsp3) is 0.389. The minimum Gasteiger partial charge on any atom is -0.465 e. The van der Waals surface area contributed by atoms with E-state index in [9.17, 15) is 4.79 Å². The summed E-state index contributed by atoms with van der Waals surface area (Å²) in [7, 11) is 2.93. The Labute approximate surface area is 145 Å². The van der Waals surface area contributed by atoms with E-state index in [-0.39, 0.29) is 6.61 Å².